The molecule has 0 fully saturated rings. The van der Waals surface area contributed by atoms with Gasteiger partial charge in [0.25, 0.3) is 0 Å². The van der Waals surface area contributed by atoms with Crippen LogP contribution >= 0.6 is 11.8 Å². The van der Waals surface area contributed by atoms with Gasteiger partial charge in [-0.05, 0) is 24.5 Å². The van der Waals surface area contributed by atoms with Crippen LogP contribution < -0.4 is 5.32 Å². The quantitative estimate of drug-likeness (QED) is 0.495. The Morgan fingerprint density at radius 1 is 1.59 bits per heavy atom. The third-order valence-corrected chi connectivity index (χ3v) is 3.07. The van der Waals surface area contributed by atoms with Crippen molar-refractivity contribution in [1.29, 1.82) is 0 Å². The number of rotatable bonds is 3. The minimum Gasteiger partial charge on any atom is -0.336 e. The van der Waals surface area contributed by atoms with Crippen molar-refractivity contribution < 1.29 is 4.79 Å². The number of amides is 1. The monoisotopic (exact) mass is 248 g/mol. The summed E-state index contributed by atoms with van der Waals surface area (Å²) in [5, 5.41) is 3.46. The van der Waals surface area contributed by atoms with Crippen molar-refractivity contribution in [3.05, 3.63) is 24.0 Å². The van der Waals surface area contributed by atoms with Gasteiger partial charge in [-0.3, -0.25) is 9.79 Å². The highest BCUT2D eigenvalue weighted by Crippen LogP contribution is 2.18. The fraction of sp³-hybridized carbons (Fsp3) is 0.182. The molecule has 2 rings (SSSR count). The first-order chi connectivity index (χ1) is 8.28. The number of nitrogens with one attached hydrogen (secondary N) is 2. The molecular weight excluding hydrogens is 236 g/mol. The Hall–Kier alpha value is -1.82. The molecule has 0 unspecified atom stereocenters. The number of nitrogens with zero attached hydrogens (tertiary/aromatic N) is 2. The Morgan fingerprint density at radius 2 is 2.41 bits per heavy atom. The summed E-state index contributed by atoms with van der Waals surface area (Å²) in [5.41, 5.74) is 2.47. The topological polar surface area (TPSA) is 70.1 Å². The molecule has 0 aliphatic heterocycles. The number of aromatic amines is 1. The lowest BCUT2D eigenvalue weighted by Gasteiger charge is -1.96. The summed E-state index contributed by atoms with van der Waals surface area (Å²) < 4.78 is 0. The molecule has 0 saturated heterocycles. The Bertz CT molecular complexity index is 576. The van der Waals surface area contributed by atoms with Gasteiger partial charge in [-0.15, -0.1) is 11.8 Å². The highest BCUT2D eigenvalue weighted by molar-refractivity contribution is 8.13. The first-order valence-electron chi connectivity index (χ1n) is 4.99. The molecule has 6 heteroatoms. The van der Waals surface area contributed by atoms with Gasteiger partial charge in [-0.1, -0.05) is 0 Å². The van der Waals surface area contributed by atoms with Crippen LogP contribution in [0.1, 0.15) is 5.82 Å². The number of H-pyrrole nitrogens is 1. The van der Waals surface area contributed by atoms with E-state index in [1.807, 2.05) is 24.5 Å². The average Bonchev–Trinajstić information content (AvgIpc) is 2.74. The first kappa shape index (κ1) is 11.7. The fourth-order valence-corrected chi connectivity index (χ4v) is 2.04. The minimum absolute atomic E-state index is 0.652. The third-order valence-electron chi connectivity index (χ3n) is 2.31. The van der Waals surface area contributed by atoms with E-state index in [9.17, 15) is 4.79 Å². The third kappa shape index (κ3) is 2.31. The molecule has 2 N–H and O–H groups in total. The summed E-state index contributed by atoms with van der Waals surface area (Å²) in [6, 6.07) is 5.51. The number of anilines is 1. The smallest absolute Gasteiger partial charge is 0.211 e. The number of hydrogen-bond acceptors (Lipinski definition) is 4. The maximum absolute atomic E-state index is 10.4. The van der Waals surface area contributed by atoms with Crippen molar-refractivity contribution in [2.45, 2.75) is 0 Å². The van der Waals surface area contributed by atoms with Crippen molar-refractivity contribution in [2.24, 2.45) is 4.99 Å². The average molecular weight is 248 g/mol. The van der Waals surface area contributed by atoms with Gasteiger partial charge in [-0.2, -0.15) is 0 Å². The summed E-state index contributed by atoms with van der Waals surface area (Å²) in [6.07, 6.45) is 2.61. The van der Waals surface area contributed by atoms with Crippen LogP contribution in [0.4, 0.5) is 5.69 Å². The molecule has 0 bridgehead atoms. The van der Waals surface area contributed by atoms with Crippen LogP contribution in [0.5, 0.6) is 0 Å². The molecule has 1 heterocycles. The summed E-state index contributed by atoms with van der Waals surface area (Å²) >= 11 is 1.54. The Kier molecular flexibility index (Phi) is 3.43. The number of aliphatic imine (C=N–C) groups is 1. The zero-order valence-electron chi connectivity index (χ0n) is 9.52. The van der Waals surface area contributed by atoms with Gasteiger partial charge in [0, 0.05) is 12.7 Å². The maximum atomic E-state index is 10.4. The largest absolute Gasteiger partial charge is 0.336 e. The van der Waals surface area contributed by atoms with Crippen molar-refractivity contribution in [3.63, 3.8) is 0 Å². The molecule has 1 amide bonds. The number of imidazole rings is 1. The lowest BCUT2D eigenvalue weighted by molar-refractivity contribution is -0.105. The Balaban J connectivity index is 2.46. The fourth-order valence-electron chi connectivity index (χ4n) is 1.56. The lowest BCUT2D eigenvalue weighted by Crippen LogP contribution is -1.96. The molecule has 1 aromatic heterocycles. The van der Waals surface area contributed by atoms with Crippen LogP contribution in [0.25, 0.3) is 11.0 Å². The van der Waals surface area contributed by atoms with Gasteiger partial charge in [0.1, 0.15) is 5.04 Å². The summed E-state index contributed by atoms with van der Waals surface area (Å²) in [5.74, 6) is 0.748. The summed E-state index contributed by atoms with van der Waals surface area (Å²) in [7, 11) is 1.73. The van der Waals surface area contributed by atoms with Gasteiger partial charge in [-0.25, -0.2) is 4.98 Å². The van der Waals surface area contributed by atoms with E-state index in [4.69, 9.17) is 0 Å². The first-order valence-corrected chi connectivity index (χ1v) is 6.22. The standard InChI is InChI=1S/C11H12N4OS/c1-12-11(17-2)10-14-8-4-3-7(13-6-16)5-9(8)15-10/h3-6H,1-2H3,(H,13,16)(H,14,15). The predicted octanol–water partition coefficient (Wildman–Crippen LogP) is 1.87. The number of fused-ring (bicyclic) bond motifs is 1. The zero-order valence-corrected chi connectivity index (χ0v) is 10.3. The molecular formula is C11H12N4OS. The van der Waals surface area contributed by atoms with Gasteiger partial charge < -0.3 is 10.3 Å². The van der Waals surface area contributed by atoms with Gasteiger partial charge in [0.2, 0.25) is 6.41 Å². The molecule has 0 spiro atoms. The second kappa shape index (κ2) is 5.01. The molecule has 2 aromatic rings. The number of aromatic nitrogens is 2. The van der Waals surface area contributed by atoms with E-state index in [0.717, 1.165) is 27.6 Å². The second-order valence-corrected chi connectivity index (χ2v) is 4.11. The summed E-state index contributed by atoms with van der Waals surface area (Å²) in [6.45, 7) is 0. The van der Waals surface area contributed by atoms with Crippen LogP contribution in [0.15, 0.2) is 23.2 Å². The second-order valence-electron chi connectivity index (χ2n) is 3.31. The molecule has 0 saturated carbocycles. The summed E-state index contributed by atoms with van der Waals surface area (Å²) in [4.78, 5) is 22.1. The molecule has 17 heavy (non-hydrogen) atoms. The van der Waals surface area contributed by atoms with Crippen LogP contribution in [0, 0.1) is 0 Å². The molecule has 88 valence electrons. The van der Waals surface area contributed by atoms with Crippen molar-refractivity contribution >= 4 is 39.9 Å². The van der Waals surface area contributed by atoms with E-state index in [1.54, 1.807) is 7.05 Å². The molecule has 0 aliphatic rings. The highest BCUT2D eigenvalue weighted by Gasteiger charge is 2.08. The SMILES string of the molecule is CN=C(SC)c1nc2ccc(NC=O)cc2[nH]1. The maximum Gasteiger partial charge on any atom is 0.211 e. The molecule has 0 aliphatic carbocycles. The Labute approximate surface area is 103 Å². The number of carbonyl (C=O) groups excluding carboxylic acids is 1. The van der Waals surface area contributed by atoms with Crippen molar-refractivity contribution in [3.8, 4) is 0 Å². The van der Waals surface area contributed by atoms with Crippen molar-refractivity contribution in [2.75, 3.05) is 18.6 Å². The molecule has 1 aromatic carbocycles. The number of hydrogen-bond donors (Lipinski definition) is 2. The van der Waals surface area contributed by atoms with Crippen LogP contribution in [-0.4, -0.2) is 34.7 Å². The van der Waals surface area contributed by atoms with Gasteiger partial charge in [0.05, 0.1) is 11.0 Å². The molecule has 5 nitrogen and oxygen atoms in total. The lowest BCUT2D eigenvalue weighted by atomic mass is 10.3. The highest BCUT2D eigenvalue weighted by atomic mass is 32.2. The van der Waals surface area contributed by atoms with E-state index in [2.05, 4.69) is 20.3 Å². The van der Waals surface area contributed by atoms with E-state index < -0.39 is 0 Å². The number of benzene rings is 1. The van der Waals surface area contributed by atoms with Crippen LogP contribution in [-0.2, 0) is 4.79 Å². The Morgan fingerprint density at radius 3 is 3.06 bits per heavy atom. The number of carbonyl (C=O) groups is 1. The molecule has 0 radical (unpaired) electrons. The molecule has 0 atom stereocenters. The van der Waals surface area contributed by atoms with E-state index in [0.29, 0.717) is 6.41 Å². The van der Waals surface area contributed by atoms with E-state index in [1.165, 1.54) is 11.8 Å². The van der Waals surface area contributed by atoms with E-state index in [-0.39, 0.29) is 0 Å². The van der Waals surface area contributed by atoms with Crippen LogP contribution in [0.2, 0.25) is 0 Å². The minimum atomic E-state index is 0.652. The van der Waals surface area contributed by atoms with Crippen molar-refractivity contribution in [1.82, 2.24) is 9.97 Å². The zero-order chi connectivity index (χ0) is 12.3. The normalized spacial score (nSPS) is 11.8. The predicted molar refractivity (Wildman–Crippen MR) is 71.8 cm³/mol. The number of thioether (sulfide) groups is 1. The van der Waals surface area contributed by atoms with Gasteiger partial charge in [0.15, 0.2) is 5.82 Å². The van der Waals surface area contributed by atoms with Crippen LogP contribution in [0.3, 0.4) is 0 Å². The van der Waals surface area contributed by atoms with E-state index >= 15 is 0 Å². The van der Waals surface area contributed by atoms with Gasteiger partial charge >= 0.3 is 0 Å².